The predicted octanol–water partition coefficient (Wildman–Crippen LogP) is 2.09. The van der Waals surface area contributed by atoms with Crippen LogP contribution in [0.3, 0.4) is 0 Å². The molecule has 20 heavy (non-hydrogen) atoms. The van der Waals surface area contributed by atoms with Crippen LogP contribution in [-0.2, 0) is 0 Å². The maximum atomic E-state index is 11.6. The molecule has 0 spiro atoms. The molecule has 0 aliphatic rings. The number of halogens is 1. The van der Waals surface area contributed by atoms with E-state index < -0.39 is 5.56 Å². The van der Waals surface area contributed by atoms with Crippen LogP contribution in [0.4, 0.5) is 0 Å². The summed E-state index contributed by atoms with van der Waals surface area (Å²) in [5.74, 6) is -0.0888. The van der Waals surface area contributed by atoms with Gasteiger partial charge in [-0.05, 0) is 28.1 Å². The molecule has 0 atom stereocenters. The minimum absolute atomic E-state index is 0.0108. The smallest absolute Gasteiger partial charge is 0.269 e. The first-order valence-corrected chi connectivity index (χ1v) is 6.53. The Kier molecular flexibility index (Phi) is 3.11. The molecule has 2 aromatic heterocycles. The first-order valence-electron chi connectivity index (χ1n) is 5.74. The van der Waals surface area contributed by atoms with Crippen molar-refractivity contribution in [1.82, 2.24) is 19.7 Å². The second-order valence-corrected chi connectivity index (χ2v) is 4.85. The van der Waals surface area contributed by atoms with Gasteiger partial charge in [-0.15, -0.1) is 0 Å². The quantitative estimate of drug-likeness (QED) is 0.752. The lowest BCUT2D eigenvalue weighted by molar-refractivity contribution is 0.448. The molecule has 0 unspecified atom stereocenters. The van der Waals surface area contributed by atoms with E-state index >= 15 is 0 Å². The lowest BCUT2D eigenvalue weighted by Crippen LogP contribution is -2.09. The van der Waals surface area contributed by atoms with Gasteiger partial charge in [-0.3, -0.25) is 4.79 Å². The summed E-state index contributed by atoms with van der Waals surface area (Å²) in [5.41, 5.74) is 1.05. The summed E-state index contributed by atoms with van der Waals surface area (Å²) in [6.45, 7) is 0. The summed E-state index contributed by atoms with van der Waals surface area (Å²) in [6, 6.07) is 9.54. The number of nitrogens with one attached hydrogen (secondary N) is 1. The van der Waals surface area contributed by atoms with Gasteiger partial charge >= 0.3 is 0 Å². The van der Waals surface area contributed by atoms with E-state index in [1.807, 2.05) is 30.3 Å². The number of aromatic amines is 1. The summed E-state index contributed by atoms with van der Waals surface area (Å²) >= 11 is 2.95. The minimum atomic E-state index is -0.444. The van der Waals surface area contributed by atoms with Gasteiger partial charge in [-0.2, -0.15) is 10.1 Å². The highest BCUT2D eigenvalue weighted by atomic mass is 79.9. The summed E-state index contributed by atoms with van der Waals surface area (Å²) < 4.78 is 1.67. The molecule has 0 fully saturated rings. The average molecular weight is 333 g/mol. The van der Waals surface area contributed by atoms with E-state index in [0.29, 0.717) is 5.56 Å². The zero-order valence-electron chi connectivity index (χ0n) is 10.1. The number of aromatic nitrogens is 4. The Bertz CT molecular complexity index is 811. The third kappa shape index (κ3) is 2.23. The normalized spacial score (nSPS) is 10.7. The first-order chi connectivity index (χ1) is 9.65. The molecule has 0 aliphatic heterocycles. The van der Waals surface area contributed by atoms with E-state index in [1.54, 1.807) is 17.1 Å². The van der Waals surface area contributed by atoms with Crippen LogP contribution >= 0.6 is 15.9 Å². The molecule has 7 heteroatoms. The number of hydrogen-bond acceptors (Lipinski definition) is 4. The summed E-state index contributed by atoms with van der Waals surface area (Å²) in [4.78, 5) is 18.1. The van der Waals surface area contributed by atoms with Gasteiger partial charge < -0.3 is 10.1 Å². The van der Waals surface area contributed by atoms with E-state index in [9.17, 15) is 9.90 Å². The maximum Gasteiger partial charge on any atom is 0.269 e. The van der Waals surface area contributed by atoms with E-state index in [4.69, 9.17) is 0 Å². The maximum absolute atomic E-state index is 11.6. The number of rotatable bonds is 2. The van der Waals surface area contributed by atoms with Gasteiger partial charge in [0.25, 0.3) is 5.56 Å². The molecule has 2 N–H and O–H groups in total. The second-order valence-electron chi connectivity index (χ2n) is 4.06. The van der Waals surface area contributed by atoms with Gasteiger partial charge in [0.15, 0.2) is 0 Å². The molecule has 3 aromatic rings. The predicted molar refractivity (Wildman–Crippen MR) is 76.8 cm³/mol. The molecule has 1 aromatic carbocycles. The highest BCUT2D eigenvalue weighted by Crippen LogP contribution is 2.21. The molecule has 0 aliphatic carbocycles. The van der Waals surface area contributed by atoms with Gasteiger partial charge in [0.1, 0.15) is 10.3 Å². The Morgan fingerprint density at radius 1 is 1.25 bits per heavy atom. The number of para-hydroxylation sites is 1. The SMILES string of the molecule is O=c1[nH]c(-c2cnn(-c3ccccc3)c2)nc(O)c1Br. The fraction of sp³-hybridized carbons (Fsp3) is 0. The van der Waals surface area contributed by atoms with Crippen molar-refractivity contribution in [3.63, 3.8) is 0 Å². The van der Waals surface area contributed by atoms with Crippen molar-refractivity contribution in [3.05, 3.63) is 57.6 Å². The van der Waals surface area contributed by atoms with E-state index in [0.717, 1.165) is 5.69 Å². The molecule has 0 saturated carbocycles. The second kappa shape index (κ2) is 4.93. The zero-order valence-corrected chi connectivity index (χ0v) is 11.7. The number of benzene rings is 1. The van der Waals surface area contributed by atoms with Crippen LogP contribution in [0.2, 0.25) is 0 Å². The largest absolute Gasteiger partial charge is 0.492 e. The van der Waals surface area contributed by atoms with E-state index in [2.05, 4.69) is 31.0 Å². The van der Waals surface area contributed by atoms with Gasteiger partial charge in [0, 0.05) is 6.20 Å². The van der Waals surface area contributed by atoms with Crippen molar-refractivity contribution in [2.24, 2.45) is 0 Å². The van der Waals surface area contributed by atoms with Crippen LogP contribution in [-0.4, -0.2) is 24.9 Å². The molecule has 0 amide bonds. The zero-order chi connectivity index (χ0) is 14.1. The van der Waals surface area contributed by atoms with Crippen LogP contribution < -0.4 is 5.56 Å². The summed E-state index contributed by atoms with van der Waals surface area (Å²) in [6.07, 6.45) is 3.29. The summed E-state index contributed by atoms with van der Waals surface area (Å²) in [5, 5.41) is 13.8. The standard InChI is InChI=1S/C13H9BrN4O2/c14-10-12(19)16-11(17-13(10)20)8-6-15-18(7-8)9-4-2-1-3-5-9/h1-7H,(H2,16,17,19,20). The fourth-order valence-electron chi connectivity index (χ4n) is 1.75. The first kappa shape index (κ1) is 12.6. The lowest BCUT2D eigenvalue weighted by atomic mass is 10.3. The topological polar surface area (TPSA) is 83.8 Å². The molecule has 100 valence electrons. The van der Waals surface area contributed by atoms with E-state index in [-0.39, 0.29) is 16.2 Å². The van der Waals surface area contributed by atoms with Crippen molar-refractivity contribution >= 4 is 15.9 Å². The number of hydrogen-bond donors (Lipinski definition) is 2. The van der Waals surface area contributed by atoms with Crippen LogP contribution in [0.5, 0.6) is 5.88 Å². The Balaban J connectivity index is 2.05. The van der Waals surface area contributed by atoms with Crippen LogP contribution in [0.15, 0.2) is 52.0 Å². The molecule has 2 heterocycles. The fourth-order valence-corrected chi connectivity index (χ4v) is 1.94. The minimum Gasteiger partial charge on any atom is -0.492 e. The molecule has 0 saturated heterocycles. The van der Waals surface area contributed by atoms with Gasteiger partial charge in [-0.1, -0.05) is 18.2 Å². The molecule has 0 bridgehead atoms. The summed E-state index contributed by atoms with van der Waals surface area (Å²) in [7, 11) is 0. The molecule has 0 radical (unpaired) electrons. The highest BCUT2D eigenvalue weighted by molar-refractivity contribution is 9.10. The van der Waals surface area contributed by atoms with Gasteiger partial charge in [0.05, 0.1) is 17.4 Å². The van der Waals surface area contributed by atoms with Gasteiger partial charge in [0.2, 0.25) is 5.88 Å². The molecule has 6 nitrogen and oxygen atoms in total. The lowest BCUT2D eigenvalue weighted by Gasteiger charge is -2.00. The highest BCUT2D eigenvalue weighted by Gasteiger charge is 2.11. The Hall–Kier alpha value is -2.41. The van der Waals surface area contributed by atoms with Crippen LogP contribution in [0.25, 0.3) is 17.1 Å². The monoisotopic (exact) mass is 332 g/mol. The Morgan fingerprint density at radius 3 is 2.70 bits per heavy atom. The molecular formula is C13H9BrN4O2. The molecule has 3 rings (SSSR count). The van der Waals surface area contributed by atoms with E-state index in [1.165, 1.54) is 0 Å². The van der Waals surface area contributed by atoms with Crippen molar-refractivity contribution in [1.29, 1.82) is 0 Å². The van der Waals surface area contributed by atoms with Crippen LogP contribution in [0, 0.1) is 0 Å². The van der Waals surface area contributed by atoms with Crippen molar-refractivity contribution in [2.45, 2.75) is 0 Å². The molecular weight excluding hydrogens is 324 g/mol. The third-order valence-electron chi connectivity index (χ3n) is 2.72. The third-order valence-corrected chi connectivity index (χ3v) is 3.44. The average Bonchev–Trinajstić information content (AvgIpc) is 2.95. The number of aromatic hydroxyl groups is 1. The van der Waals surface area contributed by atoms with Crippen molar-refractivity contribution in [2.75, 3.05) is 0 Å². The van der Waals surface area contributed by atoms with Crippen molar-refractivity contribution < 1.29 is 5.11 Å². The van der Waals surface area contributed by atoms with Gasteiger partial charge in [-0.25, -0.2) is 4.68 Å². The number of H-pyrrole nitrogens is 1. The van der Waals surface area contributed by atoms with Crippen molar-refractivity contribution in [3.8, 4) is 23.0 Å². The van der Waals surface area contributed by atoms with Crippen LogP contribution in [0.1, 0.15) is 0 Å². The Morgan fingerprint density at radius 2 is 2.00 bits per heavy atom. The Labute approximate surface area is 121 Å². The number of nitrogens with zero attached hydrogens (tertiary/aromatic N) is 3.